The summed E-state index contributed by atoms with van der Waals surface area (Å²) >= 11 is 0. The molecule has 0 atom stereocenters. The summed E-state index contributed by atoms with van der Waals surface area (Å²) in [5.41, 5.74) is 5.33. The maximum absolute atomic E-state index is 11.1. The van der Waals surface area contributed by atoms with E-state index < -0.39 is 5.91 Å². The molecule has 0 aliphatic rings. The molecular weight excluding hydrogens is 268 g/mol. The Morgan fingerprint density at radius 1 is 1.00 bits per heavy atom. The number of carbonyl (C=O) groups excluding carboxylic acids is 1. The van der Waals surface area contributed by atoms with E-state index in [1.807, 2.05) is 18.2 Å². The topological polar surface area (TPSA) is 85.4 Å². The van der Waals surface area contributed by atoms with Crippen molar-refractivity contribution < 1.29 is 14.6 Å². The smallest absolute Gasteiger partial charge is 0.267 e. The Morgan fingerprint density at radius 3 is 2.57 bits per heavy atom. The lowest BCUT2D eigenvalue weighted by Gasteiger charge is -2.07. The molecule has 1 amide bonds. The lowest BCUT2D eigenvalue weighted by atomic mass is 10.1. The van der Waals surface area contributed by atoms with Crippen molar-refractivity contribution in [3.05, 3.63) is 60.4 Å². The van der Waals surface area contributed by atoms with Gasteiger partial charge in [-0.15, -0.1) is 0 Å². The van der Waals surface area contributed by atoms with E-state index in [0.717, 1.165) is 10.8 Å². The molecule has 0 aliphatic carbocycles. The van der Waals surface area contributed by atoms with Gasteiger partial charge < -0.3 is 15.6 Å². The van der Waals surface area contributed by atoms with Gasteiger partial charge in [-0.3, -0.25) is 9.78 Å². The highest BCUT2D eigenvalue weighted by Crippen LogP contribution is 2.27. The van der Waals surface area contributed by atoms with Crippen molar-refractivity contribution in [2.45, 2.75) is 0 Å². The number of fused-ring (bicyclic) bond motifs is 1. The van der Waals surface area contributed by atoms with Gasteiger partial charge in [0.25, 0.3) is 5.91 Å². The molecule has 1 heterocycles. The third kappa shape index (κ3) is 2.76. The van der Waals surface area contributed by atoms with Crippen LogP contribution in [0.2, 0.25) is 0 Å². The number of pyridine rings is 1. The predicted octanol–water partition coefficient (Wildman–Crippen LogP) is 2.83. The van der Waals surface area contributed by atoms with Crippen molar-refractivity contribution in [2.24, 2.45) is 5.73 Å². The largest absolute Gasteiger partial charge is 0.508 e. The van der Waals surface area contributed by atoms with Crippen LogP contribution in [0.5, 0.6) is 17.2 Å². The van der Waals surface area contributed by atoms with Crippen LogP contribution >= 0.6 is 0 Å². The Labute approximate surface area is 120 Å². The maximum atomic E-state index is 11.1. The molecule has 1 aromatic heterocycles. The van der Waals surface area contributed by atoms with Gasteiger partial charge in [-0.2, -0.15) is 0 Å². The summed E-state index contributed by atoms with van der Waals surface area (Å²) in [4.78, 5) is 14.9. The first kappa shape index (κ1) is 12.9. The van der Waals surface area contributed by atoms with Crippen molar-refractivity contribution in [3.8, 4) is 17.2 Å². The molecule has 3 N–H and O–H groups in total. The first-order chi connectivity index (χ1) is 10.1. The first-order valence-corrected chi connectivity index (χ1v) is 6.28. The third-order valence-electron chi connectivity index (χ3n) is 3.01. The average molecular weight is 280 g/mol. The number of ether oxygens (including phenoxy) is 1. The Bertz CT molecular complexity index is 831. The van der Waals surface area contributed by atoms with Crippen LogP contribution in [0.4, 0.5) is 0 Å². The lowest BCUT2D eigenvalue weighted by Crippen LogP contribution is -2.12. The number of hydrogen-bond acceptors (Lipinski definition) is 4. The van der Waals surface area contributed by atoms with Crippen molar-refractivity contribution in [1.82, 2.24) is 4.98 Å². The molecule has 3 rings (SSSR count). The van der Waals surface area contributed by atoms with Crippen LogP contribution in [-0.2, 0) is 0 Å². The summed E-state index contributed by atoms with van der Waals surface area (Å²) in [6.07, 6.45) is 1.46. The minimum atomic E-state index is -0.608. The van der Waals surface area contributed by atoms with Crippen molar-refractivity contribution in [2.75, 3.05) is 0 Å². The number of nitrogens with zero attached hydrogens (tertiary/aromatic N) is 1. The Hall–Kier alpha value is -3.08. The van der Waals surface area contributed by atoms with E-state index in [9.17, 15) is 9.90 Å². The van der Waals surface area contributed by atoms with E-state index in [-0.39, 0.29) is 11.4 Å². The van der Waals surface area contributed by atoms with Crippen LogP contribution in [0.3, 0.4) is 0 Å². The zero-order valence-electron chi connectivity index (χ0n) is 11.0. The SMILES string of the molecule is NC(=O)c1cc(Oc2ccc3ccc(O)cc3c2)ccn1. The van der Waals surface area contributed by atoms with Gasteiger partial charge in [-0.1, -0.05) is 12.1 Å². The number of aromatic hydroxyl groups is 1. The summed E-state index contributed by atoms with van der Waals surface area (Å²) in [6.45, 7) is 0. The fourth-order valence-corrected chi connectivity index (χ4v) is 2.02. The molecule has 0 saturated carbocycles. The van der Waals surface area contributed by atoms with Gasteiger partial charge in [-0.25, -0.2) is 0 Å². The number of hydrogen-bond donors (Lipinski definition) is 2. The highest BCUT2D eigenvalue weighted by molar-refractivity contribution is 5.91. The van der Waals surface area contributed by atoms with E-state index in [1.165, 1.54) is 12.3 Å². The predicted molar refractivity (Wildman–Crippen MR) is 78.4 cm³/mol. The van der Waals surface area contributed by atoms with Crippen LogP contribution in [0, 0.1) is 0 Å². The lowest BCUT2D eigenvalue weighted by molar-refractivity contribution is 0.0995. The van der Waals surface area contributed by atoms with Crippen molar-refractivity contribution in [3.63, 3.8) is 0 Å². The van der Waals surface area contributed by atoms with E-state index in [1.54, 1.807) is 24.3 Å². The molecule has 0 saturated heterocycles. The van der Waals surface area contributed by atoms with Gasteiger partial charge in [-0.05, 0) is 41.1 Å². The van der Waals surface area contributed by atoms with Gasteiger partial charge >= 0.3 is 0 Å². The number of benzene rings is 2. The monoisotopic (exact) mass is 280 g/mol. The first-order valence-electron chi connectivity index (χ1n) is 6.28. The highest BCUT2D eigenvalue weighted by atomic mass is 16.5. The number of rotatable bonds is 3. The standard InChI is InChI=1S/C16H12N2O3/c17-16(20)15-9-14(5-6-18-15)21-13-4-2-10-1-3-12(19)7-11(10)8-13/h1-9,19H,(H2,17,20). The molecule has 2 aromatic carbocycles. The molecule has 0 spiro atoms. The van der Waals surface area contributed by atoms with Crippen molar-refractivity contribution in [1.29, 1.82) is 0 Å². The molecule has 0 unspecified atom stereocenters. The summed E-state index contributed by atoms with van der Waals surface area (Å²) in [5.74, 6) is 0.650. The molecule has 0 bridgehead atoms. The number of nitrogens with two attached hydrogens (primary N) is 1. The Kier molecular flexibility index (Phi) is 3.16. The summed E-state index contributed by atoms with van der Waals surface area (Å²) in [6, 6.07) is 13.7. The quantitative estimate of drug-likeness (QED) is 0.772. The van der Waals surface area contributed by atoms with Crippen LogP contribution < -0.4 is 10.5 Å². The summed E-state index contributed by atoms with van der Waals surface area (Å²) in [5, 5.41) is 11.4. The van der Waals surface area contributed by atoms with Crippen LogP contribution in [0.25, 0.3) is 10.8 Å². The molecule has 0 fully saturated rings. The minimum absolute atomic E-state index is 0.144. The fraction of sp³-hybridized carbons (Fsp3) is 0. The number of phenolic OH excluding ortho intramolecular Hbond substituents is 1. The summed E-state index contributed by atoms with van der Waals surface area (Å²) in [7, 11) is 0. The number of carbonyl (C=O) groups is 1. The fourth-order valence-electron chi connectivity index (χ4n) is 2.02. The van der Waals surface area contributed by atoms with Gasteiger partial charge in [0.2, 0.25) is 0 Å². The molecule has 21 heavy (non-hydrogen) atoms. The van der Waals surface area contributed by atoms with Gasteiger partial charge in [0, 0.05) is 12.3 Å². The van der Waals surface area contributed by atoms with Crippen LogP contribution in [-0.4, -0.2) is 16.0 Å². The molecule has 5 nitrogen and oxygen atoms in total. The van der Waals surface area contributed by atoms with Crippen LogP contribution in [0.15, 0.2) is 54.7 Å². The Morgan fingerprint density at radius 2 is 1.76 bits per heavy atom. The summed E-state index contributed by atoms with van der Waals surface area (Å²) < 4.78 is 5.69. The van der Waals surface area contributed by atoms with E-state index in [4.69, 9.17) is 10.5 Å². The van der Waals surface area contributed by atoms with Gasteiger partial charge in [0.1, 0.15) is 22.9 Å². The minimum Gasteiger partial charge on any atom is -0.508 e. The molecule has 3 aromatic rings. The number of aromatic nitrogens is 1. The second-order valence-corrected chi connectivity index (χ2v) is 4.54. The normalized spacial score (nSPS) is 10.5. The number of amides is 1. The van der Waals surface area contributed by atoms with Gasteiger partial charge in [0.15, 0.2) is 0 Å². The van der Waals surface area contributed by atoms with Crippen molar-refractivity contribution >= 4 is 16.7 Å². The second-order valence-electron chi connectivity index (χ2n) is 4.54. The highest BCUT2D eigenvalue weighted by Gasteiger charge is 2.05. The van der Waals surface area contributed by atoms with E-state index >= 15 is 0 Å². The second kappa shape index (κ2) is 5.13. The molecule has 0 radical (unpaired) electrons. The van der Waals surface area contributed by atoms with E-state index in [0.29, 0.717) is 11.5 Å². The van der Waals surface area contributed by atoms with Gasteiger partial charge in [0.05, 0.1) is 0 Å². The molecule has 0 aliphatic heterocycles. The number of phenols is 1. The molecular formula is C16H12N2O3. The zero-order chi connectivity index (χ0) is 14.8. The number of primary amides is 1. The molecule has 104 valence electrons. The Balaban J connectivity index is 1.94. The van der Waals surface area contributed by atoms with Crippen LogP contribution in [0.1, 0.15) is 10.5 Å². The maximum Gasteiger partial charge on any atom is 0.267 e. The third-order valence-corrected chi connectivity index (χ3v) is 3.01. The van der Waals surface area contributed by atoms with E-state index in [2.05, 4.69) is 4.98 Å². The average Bonchev–Trinajstić information content (AvgIpc) is 2.47. The molecule has 5 heteroatoms. The zero-order valence-corrected chi connectivity index (χ0v) is 11.0.